The molecule has 5 rings (SSSR count). The van der Waals surface area contributed by atoms with Crippen molar-refractivity contribution in [3.63, 3.8) is 0 Å². The van der Waals surface area contributed by atoms with Gasteiger partial charge in [0.25, 0.3) is 0 Å². The Morgan fingerprint density at radius 1 is 0.950 bits per heavy atom. The fourth-order valence-corrected chi connectivity index (χ4v) is 5.85. The zero-order valence-electron chi connectivity index (χ0n) is 22.5. The van der Waals surface area contributed by atoms with Crippen LogP contribution >= 0.6 is 0 Å². The van der Waals surface area contributed by atoms with Gasteiger partial charge in [-0.1, -0.05) is 49.0 Å². The molecule has 1 aliphatic heterocycles. The van der Waals surface area contributed by atoms with Gasteiger partial charge in [0, 0.05) is 35.1 Å². The molecule has 40 heavy (non-hydrogen) atoms. The van der Waals surface area contributed by atoms with Crippen LogP contribution < -0.4 is 4.74 Å². The molecule has 0 bridgehead atoms. The van der Waals surface area contributed by atoms with Crippen LogP contribution in [-0.4, -0.2) is 44.5 Å². The summed E-state index contributed by atoms with van der Waals surface area (Å²) in [6, 6.07) is 10.6. The molecule has 1 heterocycles. The van der Waals surface area contributed by atoms with Crippen LogP contribution in [0.4, 0.5) is 0 Å². The molecular formula is C34H32O6. The van der Waals surface area contributed by atoms with Gasteiger partial charge in [-0.3, -0.25) is 0 Å². The molecule has 2 aliphatic carbocycles. The summed E-state index contributed by atoms with van der Waals surface area (Å²) in [6.45, 7) is 8.01. The SMILES string of the molecule is C=CC(=O)OCC#Cc1ccc2c(c1)CCC1OCCOc3ccc4c(c3[C@@H]21)CC[C@H](C#CCOC(=O)C=C)C4. The summed E-state index contributed by atoms with van der Waals surface area (Å²) in [4.78, 5) is 22.5. The van der Waals surface area contributed by atoms with Crippen molar-refractivity contribution in [3.05, 3.63) is 89.0 Å². The van der Waals surface area contributed by atoms with Gasteiger partial charge in [0.15, 0.2) is 13.2 Å². The predicted octanol–water partition coefficient (Wildman–Crippen LogP) is 4.46. The number of hydrogen-bond acceptors (Lipinski definition) is 6. The number of carbonyl (C=O) groups is 2. The third-order valence-corrected chi connectivity index (χ3v) is 7.60. The van der Waals surface area contributed by atoms with Gasteiger partial charge in [-0.25, -0.2) is 9.59 Å². The second-order valence-electron chi connectivity index (χ2n) is 9.99. The van der Waals surface area contributed by atoms with Gasteiger partial charge in [0.2, 0.25) is 0 Å². The van der Waals surface area contributed by atoms with E-state index in [0.717, 1.165) is 55.6 Å². The predicted molar refractivity (Wildman–Crippen MR) is 151 cm³/mol. The molecule has 0 radical (unpaired) electrons. The van der Waals surface area contributed by atoms with E-state index in [0.29, 0.717) is 13.2 Å². The first-order valence-corrected chi connectivity index (χ1v) is 13.6. The molecule has 0 N–H and O–H groups in total. The van der Waals surface area contributed by atoms with E-state index < -0.39 is 11.9 Å². The molecule has 0 fully saturated rings. The molecule has 6 nitrogen and oxygen atoms in total. The van der Waals surface area contributed by atoms with Crippen LogP contribution in [0, 0.1) is 29.6 Å². The lowest BCUT2D eigenvalue weighted by molar-refractivity contribution is -0.137. The van der Waals surface area contributed by atoms with Gasteiger partial charge in [0.1, 0.15) is 12.4 Å². The minimum absolute atomic E-state index is 0.0304. The van der Waals surface area contributed by atoms with Crippen LogP contribution in [0.2, 0.25) is 0 Å². The highest BCUT2D eigenvalue weighted by Crippen LogP contribution is 2.47. The van der Waals surface area contributed by atoms with E-state index in [-0.39, 0.29) is 31.2 Å². The molecule has 0 spiro atoms. The Morgan fingerprint density at radius 2 is 1.75 bits per heavy atom. The maximum absolute atomic E-state index is 11.3. The largest absolute Gasteiger partial charge is 0.491 e. The second kappa shape index (κ2) is 12.7. The normalized spacial score (nSPS) is 20.4. The Hall–Kier alpha value is -4.26. The first-order valence-electron chi connectivity index (χ1n) is 13.6. The minimum atomic E-state index is -0.480. The smallest absolute Gasteiger partial charge is 0.331 e. The van der Waals surface area contributed by atoms with Crippen LogP contribution in [0.25, 0.3) is 0 Å². The first-order chi connectivity index (χ1) is 19.6. The summed E-state index contributed by atoms with van der Waals surface area (Å²) >= 11 is 0. The number of carbonyl (C=O) groups excluding carboxylic acids is 2. The van der Waals surface area contributed by atoms with Crippen molar-refractivity contribution in [3.8, 4) is 29.4 Å². The van der Waals surface area contributed by atoms with Gasteiger partial charge in [-0.05, 0) is 72.6 Å². The lowest BCUT2D eigenvalue weighted by Gasteiger charge is -2.39. The fraction of sp³-hybridized carbons (Fsp3) is 0.353. The van der Waals surface area contributed by atoms with Crippen molar-refractivity contribution in [2.45, 2.75) is 44.1 Å². The lowest BCUT2D eigenvalue weighted by atomic mass is 9.71. The average molecular weight is 537 g/mol. The Kier molecular flexibility index (Phi) is 8.69. The first kappa shape index (κ1) is 27.3. The highest BCUT2D eigenvalue weighted by Gasteiger charge is 2.37. The number of rotatable bonds is 4. The number of ether oxygens (including phenoxy) is 4. The molecule has 1 unspecified atom stereocenters. The van der Waals surface area contributed by atoms with Crippen molar-refractivity contribution in [2.75, 3.05) is 26.4 Å². The van der Waals surface area contributed by atoms with Gasteiger partial charge >= 0.3 is 11.9 Å². The van der Waals surface area contributed by atoms with E-state index in [1.54, 1.807) is 0 Å². The van der Waals surface area contributed by atoms with Crippen molar-refractivity contribution >= 4 is 11.9 Å². The Labute approximate surface area is 235 Å². The standard InChI is InChI=1S/C34H32O6/c1-3-31(35)39-17-5-7-23-9-13-27-25(21-23)11-15-29-33(27)34-28-14-10-24(8-6-18-40-32(36)4-2)22-26(28)12-16-30(34)38-20-19-37-29/h3-4,9,12-13,16,21,24,29,33H,1-2,10-11,14-15,17-20,22H2/t24-,29?,33-/m0/s1. The Bertz CT molecular complexity index is 1450. The van der Waals surface area contributed by atoms with Crippen LogP contribution in [0.15, 0.2) is 55.6 Å². The number of aryl methyl sites for hydroxylation is 1. The summed E-state index contributed by atoms with van der Waals surface area (Å²) in [6.07, 6.45) is 6.87. The van der Waals surface area contributed by atoms with Crippen LogP contribution in [-0.2, 0) is 43.1 Å². The van der Waals surface area contributed by atoms with Crippen molar-refractivity contribution in [1.29, 1.82) is 0 Å². The van der Waals surface area contributed by atoms with E-state index in [1.165, 1.54) is 27.8 Å². The number of fused-ring (bicyclic) bond motifs is 7. The number of esters is 2. The minimum Gasteiger partial charge on any atom is -0.491 e. The number of hydrogen-bond donors (Lipinski definition) is 0. The highest BCUT2D eigenvalue weighted by atomic mass is 16.5. The molecule has 3 aliphatic rings. The maximum Gasteiger partial charge on any atom is 0.331 e. The Balaban J connectivity index is 1.43. The van der Waals surface area contributed by atoms with E-state index in [9.17, 15) is 9.59 Å². The van der Waals surface area contributed by atoms with E-state index in [1.807, 2.05) is 6.07 Å². The average Bonchev–Trinajstić information content (AvgIpc) is 2.97. The number of benzene rings is 2. The fourth-order valence-electron chi connectivity index (χ4n) is 5.85. The third kappa shape index (κ3) is 6.14. The summed E-state index contributed by atoms with van der Waals surface area (Å²) in [5.41, 5.74) is 7.28. The summed E-state index contributed by atoms with van der Waals surface area (Å²) in [7, 11) is 0. The van der Waals surface area contributed by atoms with Crippen LogP contribution in [0.1, 0.15) is 52.1 Å². The summed E-state index contributed by atoms with van der Waals surface area (Å²) in [5.74, 6) is 12.6. The third-order valence-electron chi connectivity index (χ3n) is 7.60. The zero-order valence-corrected chi connectivity index (χ0v) is 22.5. The second-order valence-corrected chi connectivity index (χ2v) is 9.99. The monoisotopic (exact) mass is 536 g/mol. The summed E-state index contributed by atoms with van der Waals surface area (Å²) < 4.78 is 22.6. The molecule has 0 saturated heterocycles. The quantitative estimate of drug-likeness (QED) is 0.327. The molecular weight excluding hydrogens is 504 g/mol. The lowest BCUT2D eigenvalue weighted by Crippen LogP contribution is -2.34. The van der Waals surface area contributed by atoms with Gasteiger partial charge in [-0.2, -0.15) is 0 Å². The van der Waals surface area contributed by atoms with Crippen molar-refractivity contribution in [2.24, 2.45) is 5.92 Å². The molecule has 0 saturated carbocycles. The maximum atomic E-state index is 11.3. The summed E-state index contributed by atoms with van der Waals surface area (Å²) in [5, 5.41) is 0. The zero-order chi connectivity index (χ0) is 27.9. The highest BCUT2D eigenvalue weighted by molar-refractivity contribution is 5.81. The van der Waals surface area contributed by atoms with Crippen LogP contribution in [0.5, 0.6) is 5.75 Å². The van der Waals surface area contributed by atoms with Crippen LogP contribution in [0.3, 0.4) is 0 Å². The van der Waals surface area contributed by atoms with Gasteiger partial charge < -0.3 is 18.9 Å². The van der Waals surface area contributed by atoms with Crippen molar-refractivity contribution in [1.82, 2.24) is 0 Å². The topological polar surface area (TPSA) is 71.1 Å². The molecule has 0 amide bonds. The Morgan fingerprint density at radius 3 is 2.55 bits per heavy atom. The molecule has 3 atom stereocenters. The van der Waals surface area contributed by atoms with Gasteiger partial charge in [0.05, 0.1) is 12.7 Å². The molecule has 0 aromatic heterocycles. The van der Waals surface area contributed by atoms with E-state index in [2.05, 4.69) is 61.1 Å². The molecule has 6 heteroatoms. The molecule has 204 valence electrons. The van der Waals surface area contributed by atoms with E-state index in [4.69, 9.17) is 18.9 Å². The van der Waals surface area contributed by atoms with Gasteiger partial charge in [-0.15, -0.1) is 0 Å². The van der Waals surface area contributed by atoms with Crippen molar-refractivity contribution < 1.29 is 28.5 Å². The van der Waals surface area contributed by atoms with E-state index >= 15 is 0 Å². The molecule has 2 aromatic rings. The molecule has 2 aromatic carbocycles.